The van der Waals surface area contributed by atoms with Crippen LogP contribution in [0.15, 0.2) is 88.8 Å². The summed E-state index contributed by atoms with van der Waals surface area (Å²) < 4.78 is 2.12. The number of nitrogens with zero attached hydrogens (tertiary/aromatic N) is 2. The molecular formula is C26H20Cl2N2S. The summed E-state index contributed by atoms with van der Waals surface area (Å²) in [5, 5.41) is 3.20. The third-order valence-electron chi connectivity index (χ3n) is 5.90. The molecule has 31 heavy (non-hydrogen) atoms. The first-order chi connectivity index (χ1) is 14.8. The van der Waals surface area contributed by atoms with Crippen molar-refractivity contribution >= 4 is 46.0 Å². The first-order valence-electron chi connectivity index (χ1n) is 10.3. The number of para-hydroxylation sites is 3. The Labute approximate surface area is 197 Å². The molecular weight excluding hydrogens is 443 g/mol. The minimum atomic E-state index is 0. The fourth-order valence-electron chi connectivity index (χ4n) is 4.58. The zero-order valence-electron chi connectivity index (χ0n) is 16.8. The number of hydrogen-bond acceptors (Lipinski definition) is 2. The lowest BCUT2D eigenvalue weighted by Crippen LogP contribution is -3.00. The molecule has 2 aliphatic rings. The van der Waals surface area contributed by atoms with Crippen LogP contribution in [0.25, 0.3) is 22.7 Å². The maximum absolute atomic E-state index is 6.84. The molecule has 5 heteroatoms. The second-order valence-corrected chi connectivity index (χ2v) is 9.16. The summed E-state index contributed by atoms with van der Waals surface area (Å²) in [5.41, 5.74) is 6.22. The van der Waals surface area contributed by atoms with Crippen LogP contribution in [0.1, 0.15) is 17.5 Å². The van der Waals surface area contributed by atoms with Crippen LogP contribution < -0.4 is 21.9 Å². The average molecular weight is 463 g/mol. The molecule has 2 nitrogen and oxygen atoms in total. The van der Waals surface area contributed by atoms with E-state index in [4.69, 9.17) is 11.6 Å². The number of rotatable bonds is 2. The van der Waals surface area contributed by atoms with E-state index < -0.39 is 0 Å². The number of aryl methyl sites for hydroxylation is 1. The Hall–Kier alpha value is -2.46. The molecule has 0 aliphatic carbocycles. The van der Waals surface area contributed by atoms with Crippen molar-refractivity contribution in [3.05, 3.63) is 100 Å². The van der Waals surface area contributed by atoms with E-state index in [9.17, 15) is 0 Å². The number of halogens is 2. The van der Waals surface area contributed by atoms with Gasteiger partial charge < -0.3 is 17.3 Å². The second-order valence-electron chi connectivity index (χ2n) is 7.71. The lowest BCUT2D eigenvalue weighted by molar-refractivity contribution is -0.564. The number of thioether (sulfide) groups is 1. The van der Waals surface area contributed by atoms with Crippen LogP contribution in [-0.2, 0) is 6.42 Å². The van der Waals surface area contributed by atoms with E-state index in [2.05, 4.69) is 76.2 Å². The number of hydrogen-bond donors (Lipinski definition) is 0. The van der Waals surface area contributed by atoms with Gasteiger partial charge in [0.05, 0.1) is 16.1 Å². The summed E-state index contributed by atoms with van der Waals surface area (Å²) in [6, 6.07) is 27.6. The lowest BCUT2D eigenvalue weighted by Gasteiger charge is -2.27. The Morgan fingerprint density at radius 2 is 1.74 bits per heavy atom. The average Bonchev–Trinajstić information content (AvgIpc) is 3.14. The maximum Gasteiger partial charge on any atom is 0.281 e. The van der Waals surface area contributed by atoms with Crippen molar-refractivity contribution in [3.63, 3.8) is 0 Å². The molecule has 0 saturated heterocycles. The normalized spacial score (nSPS) is 15.8. The van der Waals surface area contributed by atoms with Crippen molar-refractivity contribution in [1.29, 1.82) is 0 Å². The quantitative estimate of drug-likeness (QED) is 0.331. The highest BCUT2D eigenvalue weighted by Gasteiger charge is 2.30. The van der Waals surface area contributed by atoms with Gasteiger partial charge in [-0.15, -0.1) is 4.57 Å². The Bertz CT molecular complexity index is 1320. The smallest absolute Gasteiger partial charge is 0.281 e. The summed E-state index contributed by atoms with van der Waals surface area (Å²) in [7, 11) is 0. The van der Waals surface area contributed by atoms with Gasteiger partial charge in [-0.1, -0.05) is 54.2 Å². The van der Waals surface area contributed by atoms with E-state index in [1.165, 1.54) is 39.4 Å². The first kappa shape index (κ1) is 20.4. The largest absolute Gasteiger partial charge is 1.00 e. The van der Waals surface area contributed by atoms with Crippen molar-refractivity contribution in [1.82, 2.24) is 0 Å². The number of pyridine rings is 1. The number of benzene rings is 3. The zero-order chi connectivity index (χ0) is 20.1. The van der Waals surface area contributed by atoms with Gasteiger partial charge in [0.25, 0.3) is 5.15 Å². The Balaban J connectivity index is 0.00000204. The molecule has 0 unspecified atom stereocenters. The van der Waals surface area contributed by atoms with Gasteiger partial charge in [-0.2, -0.15) is 0 Å². The second kappa shape index (κ2) is 8.23. The molecule has 2 aliphatic heterocycles. The van der Waals surface area contributed by atoms with Crippen molar-refractivity contribution in [2.75, 3.05) is 11.4 Å². The van der Waals surface area contributed by atoms with Gasteiger partial charge in [0.1, 0.15) is 0 Å². The predicted molar refractivity (Wildman–Crippen MR) is 126 cm³/mol. The van der Waals surface area contributed by atoms with Crippen LogP contribution in [0.2, 0.25) is 5.15 Å². The Kier molecular flexibility index (Phi) is 5.43. The molecule has 0 saturated carbocycles. The standard InChI is InChI=1S/C26H20ClN2S.ClH/c27-24-16-19(17-25-28-15-7-9-18-8-6-14-23(30-25)26(18)28)21-12-4-5-13-22(21)29(24)20-10-2-1-3-11-20;/h1-6,8,10-14,16-17H,7,9,15H2;1H/q+1;/p-1. The van der Waals surface area contributed by atoms with Crippen molar-refractivity contribution < 1.29 is 17.0 Å². The summed E-state index contributed by atoms with van der Waals surface area (Å²) in [4.78, 5) is 3.85. The molecule has 0 spiro atoms. The van der Waals surface area contributed by atoms with E-state index in [1.807, 2.05) is 30.0 Å². The summed E-state index contributed by atoms with van der Waals surface area (Å²) in [6.07, 6.45) is 4.67. The lowest BCUT2D eigenvalue weighted by atomic mass is 10.0. The molecule has 0 bridgehead atoms. The minimum Gasteiger partial charge on any atom is -1.00 e. The molecule has 6 rings (SSSR count). The van der Waals surface area contributed by atoms with Crippen LogP contribution in [0.3, 0.4) is 0 Å². The minimum absolute atomic E-state index is 0. The van der Waals surface area contributed by atoms with Crippen molar-refractivity contribution in [3.8, 4) is 5.69 Å². The van der Waals surface area contributed by atoms with E-state index in [0.717, 1.165) is 23.3 Å². The summed E-state index contributed by atoms with van der Waals surface area (Å²) >= 11 is 8.71. The highest BCUT2D eigenvalue weighted by atomic mass is 35.5. The fourth-order valence-corrected chi connectivity index (χ4v) is 6.08. The molecule has 1 aromatic heterocycles. The highest BCUT2D eigenvalue weighted by molar-refractivity contribution is 8.03. The molecule has 154 valence electrons. The molecule has 0 atom stereocenters. The third kappa shape index (κ3) is 3.41. The maximum atomic E-state index is 6.84. The van der Waals surface area contributed by atoms with Gasteiger partial charge in [0.15, 0.2) is 0 Å². The van der Waals surface area contributed by atoms with Gasteiger partial charge in [-0.3, -0.25) is 0 Å². The predicted octanol–water partition coefficient (Wildman–Crippen LogP) is 3.63. The SMILES string of the molecule is Clc1cc(C=C2Sc3cccc4c3N2CCC4)c2ccccc2[n+]1-c1ccccc1.[Cl-]. The zero-order valence-corrected chi connectivity index (χ0v) is 19.1. The van der Waals surface area contributed by atoms with Gasteiger partial charge in [-0.25, -0.2) is 0 Å². The number of aromatic nitrogens is 1. The topological polar surface area (TPSA) is 7.12 Å². The Morgan fingerprint density at radius 1 is 0.935 bits per heavy atom. The van der Waals surface area contributed by atoms with Crippen LogP contribution in [0, 0.1) is 0 Å². The van der Waals surface area contributed by atoms with Crippen LogP contribution in [0.4, 0.5) is 5.69 Å². The summed E-state index contributed by atoms with van der Waals surface area (Å²) in [6.45, 7) is 1.07. The van der Waals surface area contributed by atoms with Crippen molar-refractivity contribution in [2.45, 2.75) is 17.7 Å². The van der Waals surface area contributed by atoms with Crippen LogP contribution in [0.5, 0.6) is 0 Å². The molecule has 3 heterocycles. The number of fused-ring (bicyclic) bond motifs is 1. The van der Waals surface area contributed by atoms with Crippen LogP contribution >= 0.6 is 23.4 Å². The Morgan fingerprint density at radius 3 is 2.61 bits per heavy atom. The van der Waals surface area contributed by atoms with Gasteiger partial charge >= 0.3 is 0 Å². The van der Waals surface area contributed by atoms with Gasteiger partial charge in [0.2, 0.25) is 11.2 Å². The molecule has 3 aromatic carbocycles. The molecule has 0 fully saturated rings. The van der Waals surface area contributed by atoms with E-state index in [1.54, 1.807) is 0 Å². The third-order valence-corrected chi connectivity index (χ3v) is 7.27. The number of anilines is 1. The van der Waals surface area contributed by atoms with Gasteiger partial charge in [-0.05, 0) is 53.8 Å². The van der Waals surface area contributed by atoms with E-state index in [-0.39, 0.29) is 12.4 Å². The monoisotopic (exact) mass is 462 g/mol. The van der Waals surface area contributed by atoms with Gasteiger partial charge in [0, 0.05) is 35.7 Å². The summed E-state index contributed by atoms with van der Waals surface area (Å²) in [5.74, 6) is 0. The van der Waals surface area contributed by atoms with E-state index in [0.29, 0.717) is 5.15 Å². The highest BCUT2D eigenvalue weighted by Crippen LogP contribution is 2.50. The van der Waals surface area contributed by atoms with E-state index >= 15 is 0 Å². The molecule has 4 aromatic rings. The molecule has 0 amide bonds. The van der Waals surface area contributed by atoms with Crippen LogP contribution in [-0.4, -0.2) is 6.54 Å². The fraction of sp³-hybridized carbons (Fsp3) is 0.115. The molecule has 0 radical (unpaired) electrons. The molecule has 0 N–H and O–H groups in total. The first-order valence-corrected chi connectivity index (χ1v) is 11.5. The van der Waals surface area contributed by atoms with Crippen molar-refractivity contribution in [2.24, 2.45) is 0 Å².